The lowest BCUT2D eigenvalue weighted by Crippen LogP contribution is -2.45. The number of nitrogens with zero attached hydrogens (tertiary/aromatic N) is 3. The normalized spacial score (nSPS) is 16.3. The highest BCUT2D eigenvalue weighted by atomic mass is 16.2. The van der Waals surface area contributed by atoms with Gasteiger partial charge < -0.3 is 10.6 Å². The summed E-state index contributed by atoms with van der Waals surface area (Å²) >= 11 is 0. The van der Waals surface area contributed by atoms with E-state index >= 15 is 0 Å². The van der Waals surface area contributed by atoms with Crippen LogP contribution in [0.4, 0.5) is 5.82 Å². The van der Waals surface area contributed by atoms with Gasteiger partial charge in [0, 0.05) is 18.7 Å². The fourth-order valence-electron chi connectivity index (χ4n) is 3.95. The molecule has 1 atom stereocenters. The number of para-hydroxylation sites is 1. The van der Waals surface area contributed by atoms with Crippen molar-refractivity contribution >= 4 is 17.6 Å². The third-order valence-corrected chi connectivity index (χ3v) is 5.58. The summed E-state index contributed by atoms with van der Waals surface area (Å²) in [5.74, 6) is 0.395. The van der Waals surface area contributed by atoms with Crippen LogP contribution in [-0.2, 0) is 9.59 Å². The summed E-state index contributed by atoms with van der Waals surface area (Å²) in [6.45, 7) is 2.94. The van der Waals surface area contributed by atoms with E-state index in [2.05, 4.69) is 10.6 Å². The van der Waals surface area contributed by atoms with Gasteiger partial charge in [-0.05, 0) is 38.4 Å². The Balaban J connectivity index is 1.58. The van der Waals surface area contributed by atoms with E-state index in [1.807, 2.05) is 72.5 Å². The number of hydrogen-bond donors (Lipinski definition) is 2. The minimum atomic E-state index is -0.252. The van der Waals surface area contributed by atoms with Gasteiger partial charge in [-0.3, -0.25) is 14.5 Å². The van der Waals surface area contributed by atoms with Gasteiger partial charge in [0.2, 0.25) is 11.8 Å². The maximum Gasteiger partial charge on any atom is 0.239 e. The zero-order chi connectivity index (χ0) is 21.8. The van der Waals surface area contributed by atoms with Crippen molar-refractivity contribution in [2.24, 2.45) is 0 Å². The fourth-order valence-corrected chi connectivity index (χ4v) is 3.95. The van der Waals surface area contributed by atoms with Crippen LogP contribution in [0, 0.1) is 6.92 Å². The third-order valence-electron chi connectivity index (χ3n) is 5.58. The van der Waals surface area contributed by atoms with Crippen molar-refractivity contribution in [3.05, 3.63) is 66.2 Å². The Morgan fingerprint density at radius 1 is 1.10 bits per heavy atom. The first-order valence-corrected chi connectivity index (χ1v) is 10.5. The third kappa shape index (κ3) is 4.67. The van der Waals surface area contributed by atoms with Crippen molar-refractivity contribution in [1.29, 1.82) is 0 Å². The highest BCUT2D eigenvalue weighted by Gasteiger charge is 2.31. The topological polar surface area (TPSA) is 79.3 Å². The van der Waals surface area contributed by atoms with E-state index in [4.69, 9.17) is 5.10 Å². The van der Waals surface area contributed by atoms with E-state index in [9.17, 15) is 9.59 Å². The molecule has 1 saturated heterocycles. The molecular weight excluding hydrogens is 390 g/mol. The number of carbonyl (C=O) groups excluding carboxylic acids is 2. The number of nitrogens with one attached hydrogen (secondary N) is 2. The van der Waals surface area contributed by atoms with Crippen molar-refractivity contribution in [1.82, 2.24) is 20.0 Å². The second-order valence-electron chi connectivity index (χ2n) is 7.82. The van der Waals surface area contributed by atoms with E-state index in [0.717, 1.165) is 36.3 Å². The number of benzene rings is 2. The number of carbonyl (C=O) groups is 2. The van der Waals surface area contributed by atoms with E-state index < -0.39 is 0 Å². The highest BCUT2D eigenvalue weighted by Crippen LogP contribution is 2.25. The molecule has 0 radical (unpaired) electrons. The van der Waals surface area contributed by atoms with Gasteiger partial charge in [-0.25, -0.2) is 4.68 Å². The lowest BCUT2D eigenvalue weighted by Gasteiger charge is -2.22. The second kappa shape index (κ2) is 9.14. The van der Waals surface area contributed by atoms with Crippen LogP contribution >= 0.6 is 0 Å². The quantitative estimate of drug-likeness (QED) is 0.646. The van der Waals surface area contributed by atoms with Gasteiger partial charge in [0.25, 0.3) is 0 Å². The van der Waals surface area contributed by atoms with Crippen LogP contribution in [0.1, 0.15) is 18.4 Å². The molecule has 160 valence electrons. The second-order valence-corrected chi connectivity index (χ2v) is 7.82. The number of rotatable bonds is 6. The molecule has 2 amide bonds. The average molecular weight is 418 g/mol. The molecule has 1 unspecified atom stereocenters. The summed E-state index contributed by atoms with van der Waals surface area (Å²) in [6, 6.07) is 19.5. The Morgan fingerprint density at radius 2 is 1.84 bits per heavy atom. The van der Waals surface area contributed by atoms with E-state index in [1.54, 1.807) is 11.7 Å². The molecule has 1 fully saturated rings. The molecule has 0 bridgehead atoms. The van der Waals surface area contributed by atoms with E-state index in [0.29, 0.717) is 5.82 Å². The molecule has 31 heavy (non-hydrogen) atoms. The number of likely N-dealkylation sites (tertiary alicyclic amines) is 1. The molecule has 2 aromatic carbocycles. The molecule has 4 rings (SSSR count). The Morgan fingerprint density at radius 3 is 2.55 bits per heavy atom. The van der Waals surface area contributed by atoms with Crippen LogP contribution in [0.2, 0.25) is 0 Å². The molecule has 1 aliphatic rings. The number of aromatic nitrogens is 2. The number of hydrogen-bond acceptors (Lipinski definition) is 4. The molecule has 7 nitrogen and oxygen atoms in total. The van der Waals surface area contributed by atoms with E-state index in [1.165, 1.54) is 5.56 Å². The van der Waals surface area contributed by atoms with Crippen LogP contribution in [0.3, 0.4) is 0 Å². The zero-order valence-electron chi connectivity index (χ0n) is 17.8. The van der Waals surface area contributed by atoms with Crippen LogP contribution in [0.5, 0.6) is 0 Å². The summed E-state index contributed by atoms with van der Waals surface area (Å²) in [4.78, 5) is 26.9. The summed E-state index contributed by atoms with van der Waals surface area (Å²) in [5, 5.41) is 10.4. The molecule has 0 spiro atoms. The molecule has 3 aromatic rings. The largest absolute Gasteiger partial charge is 0.358 e. The van der Waals surface area contributed by atoms with Gasteiger partial charge in [0.15, 0.2) is 0 Å². The molecule has 0 saturated carbocycles. The molecule has 1 aromatic heterocycles. The number of likely N-dealkylation sites (N-methyl/N-ethyl adjacent to an activating group) is 1. The summed E-state index contributed by atoms with van der Waals surface area (Å²) in [7, 11) is 1.63. The summed E-state index contributed by atoms with van der Waals surface area (Å²) in [5.41, 5.74) is 3.80. The lowest BCUT2D eigenvalue weighted by atomic mass is 10.1. The summed E-state index contributed by atoms with van der Waals surface area (Å²) in [6.07, 6.45) is 1.68. The standard InChI is InChI=1S/C24H27N5O2/c1-17-10-12-18(13-11-17)20-15-22(29(27-20)19-7-4-3-5-8-19)26-23(30)16-28-14-6-9-21(28)24(31)25-2/h3-5,7-8,10-13,15,21H,6,9,14,16H2,1-2H3,(H,25,31)(H,26,30). The van der Waals surface area contributed by atoms with Crippen LogP contribution in [-0.4, -0.2) is 52.7 Å². The first-order chi connectivity index (χ1) is 15.0. The van der Waals surface area contributed by atoms with Crippen LogP contribution in [0.25, 0.3) is 16.9 Å². The van der Waals surface area contributed by atoms with Crippen molar-refractivity contribution in [3.8, 4) is 16.9 Å². The van der Waals surface area contributed by atoms with Crippen LogP contribution in [0.15, 0.2) is 60.7 Å². The highest BCUT2D eigenvalue weighted by molar-refractivity contribution is 5.93. The van der Waals surface area contributed by atoms with Crippen molar-refractivity contribution in [2.45, 2.75) is 25.8 Å². The van der Waals surface area contributed by atoms with Crippen molar-refractivity contribution in [2.75, 3.05) is 25.5 Å². The van der Waals surface area contributed by atoms with Gasteiger partial charge >= 0.3 is 0 Å². The predicted octanol–water partition coefficient (Wildman–Crippen LogP) is 3.00. The minimum absolute atomic E-state index is 0.0405. The molecule has 0 aliphatic carbocycles. The fraction of sp³-hybridized carbons (Fsp3) is 0.292. The maximum absolute atomic E-state index is 12.9. The van der Waals surface area contributed by atoms with Gasteiger partial charge in [0.05, 0.1) is 24.0 Å². The van der Waals surface area contributed by atoms with Gasteiger partial charge in [-0.15, -0.1) is 0 Å². The van der Waals surface area contributed by atoms with Gasteiger partial charge in [-0.1, -0.05) is 48.0 Å². The molecule has 2 N–H and O–H groups in total. The lowest BCUT2D eigenvalue weighted by molar-refractivity contribution is -0.126. The molecule has 7 heteroatoms. The minimum Gasteiger partial charge on any atom is -0.358 e. The maximum atomic E-state index is 12.9. The first kappa shape index (κ1) is 20.8. The van der Waals surface area contributed by atoms with Gasteiger partial charge in [-0.2, -0.15) is 5.10 Å². The first-order valence-electron chi connectivity index (χ1n) is 10.5. The Labute approximate surface area is 182 Å². The van der Waals surface area contributed by atoms with Crippen LogP contribution < -0.4 is 10.6 Å². The van der Waals surface area contributed by atoms with Gasteiger partial charge in [0.1, 0.15) is 5.82 Å². The molecule has 1 aliphatic heterocycles. The predicted molar refractivity (Wildman–Crippen MR) is 121 cm³/mol. The molecule has 2 heterocycles. The zero-order valence-corrected chi connectivity index (χ0v) is 17.8. The SMILES string of the molecule is CNC(=O)C1CCCN1CC(=O)Nc1cc(-c2ccc(C)cc2)nn1-c1ccccc1. The van der Waals surface area contributed by atoms with Crippen molar-refractivity contribution < 1.29 is 9.59 Å². The Bertz CT molecular complexity index is 1060. The Hall–Kier alpha value is -3.45. The monoisotopic (exact) mass is 417 g/mol. The molecular formula is C24H27N5O2. The number of amides is 2. The van der Waals surface area contributed by atoms with E-state index in [-0.39, 0.29) is 24.4 Å². The Kier molecular flexibility index (Phi) is 6.13. The summed E-state index contributed by atoms with van der Waals surface area (Å²) < 4.78 is 1.74. The number of anilines is 1. The smallest absolute Gasteiger partial charge is 0.239 e. The van der Waals surface area contributed by atoms with Crippen molar-refractivity contribution in [3.63, 3.8) is 0 Å². The number of aryl methyl sites for hydroxylation is 1. The average Bonchev–Trinajstić information content (AvgIpc) is 3.41.